The van der Waals surface area contributed by atoms with Crippen LogP contribution in [-0.4, -0.2) is 16.6 Å². The molecule has 0 N–H and O–H groups in total. The molecule has 0 aliphatic heterocycles. The SMILES string of the molecule is CC(=O)CC(c1ccccc1)C(C(=O)c1ccccc1)c1ccccn1. The number of pyridine rings is 1. The van der Waals surface area contributed by atoms with Crippen molar-refractivity contribution in [3.8, 4) is 0 Å². The fraction of sp³-hybridized carbons (Fsp3) is 0.174. The number of rotatable bonds is 7. The van der Waals surface area contributed by atoms with Crippen LogP contribution in [-0.2, 0) is 4.79 Å². The molecule has 0 saturated heterocycles. The molecule has 130 valence electrons. The number of hydrogen-bond donors (Lipinski definition) is 0. The van der Waals surface area contributed by atoms with E-state index in [4.69, 9.17) is 0 Å². The highest BCUT2D eigenvalue weighted by molar-refractivity contribution is 6.01. The van der Waals surface area contributed by atoms with Crippen molar-refractivity contribution in [2.75, 3.05) is 0 Å². The number of carbonyl (C=O) groups is 2. The summed E-state index contributed by atoms with van der Waals surface area (Å²) in [7, 11) is 0. The van der Waals surface area contributed by atoms with E-state index in [1.807, 2.05) is 78.9 Å². The smallest absolute Gasteiger partial charge is 0.172 e. The van der Waals surface area contributed by atoms with Gasteiger partial charge in [0.05, 0.1) is 11.6 Å². The molecule has 3 nitrogen and oxygen atoms in total. The van der Waals surface area contributed by atoms with Crippen molar-refractivity contribution < 1.29 is 9.59 Å². The van der Waals surface area contributed by atoms with E-state index in [-0.39, 0.29) is 17.5 Å². The summed E-state index contributed by atoms with van der Waals surface area (Å²) in [6.45, 7) is 1.57. The number of carbonyl (C=O) groups excluding carboxylic acids is 2. The Labute approximate surface area is 153 Å². The van der Waals surface area contributed by atoms with Crippen LogP contribution in [0, 0.1) is 0 Å². The topological polar surface area (TPSA) is 47.0 Å². The summed E-state index contributed by atoms with van der Waals surface area (Å²) in [4.78, 5) is 29.8. The molecule has 0 aliphatic rings. The molecular formula is C23H21NO2. The molecule has 2 aromatic carbocycles. The van der Waals surface area contributed by atoms with Gasteiger partial charge in [-0.3, -0.25) is 9.78 Å². The largest absolute Gasteiger partial charge is 0.300 e. The summed E-state index contributed by atoms with van der Waals surface area (Å²) in [6.07, 6.45) is 1.99. The highest BCUT2D eigenvalue weighted by atomic mass is 16.1. The Kier molecular flexibility index (Phi) is 5.69. The van der Waals surface area contributed by atoms with E-state index in [2.05, 4.69) is 4.98 Å². The lowest BCUT2D eigenvalue weighted by molar-refractivity contribution is -0.117. The highest BCUT2D eigenvalue weighted by Gasteiger charge is 2.33. The van der Waals surface area contributed by atoms with Crippen LogP contribution in [0.4, 0.5) is 0 Å². The molecular weight excluding hydrogens is 322 g/mol. The van der Waals surface area contributed by atoms with E-state index in [1.54, 1.807) is 13.1 Å². The van der Waals surface area contributed by atoms with Gasteiger partial charge in [0.1, 0.15) is 5.78 Å². The lowest BCUT2D eigenvalue weighted by atomic mass is 9.76. The average Bonchev–Trinajstić information content (AvgIpc) is 2.69. The van der Waals surface area contributed by atoms with Gasteiger partial charge < -0.3 is 4.79 Å². The van der Waals surface area contributed by atoms with Gasteiger partial charge in [0.15, 0.2) is 5.78 Å². The monoisotopic (exact) mass is 343 g/mol. The Morgan fingerprint density at radius 1 is 0.846 bits per heavy atom. The molecule has 2 unspecified atom stereocenters. The Morgan fingerprint density at radius 2 is 1.46 bits per heavy atom. The van der Waals surface area contributed by atoms with Crippen LogP contribution in [0.5, 0.6) is 0 Å². The summed E-state index contributed by atoms with van der Waals surface area (Å²) >= 11 is 0. The van der Waals surface area contributed by atoms with Gasteiger partial charge in [-0.15, -0.1) is 0 Å². The second-order valence-electron chi connectivity index (χ2n) is 6.39. The van der Waals surface area contributed by atoms with Crippen molar-refractivity contribution in [1.82, 2.24) is 4.98 Å². The van der Waals surface area contributed by atoms with Crippen molar-refractivity contribution >= 4 is 11.6 Å². The lowest BCUT2D eigenvalue weighted by Crippen LogP contribution is -2.23. The first-order valence-electron chi connectivity index (χ1n) is 8.71. The van der Waals surface area contributed by atoms with Crippen molar-refractivity contribution in [1.29, 1.82) is 0 Å². The summed E-state index contributed by atoms with van der Waals surface area (Å²) in [5.74, 6) is -0.721. The van der Waals surface area contributed by atoms with Crippen molar-refractivity contribution in [2.45, 2.75) is 25.2 Å². The number of Topliss-reactive ketones (excluding diaryl/α,β-unsaturated/α-hetero) is 2. The molecule has 0 aliphatic carbocycles. The normalized spacial score (nSPS) is 13.0. The van der Waals surface area contributed by atoms with Crippen LogP contribution in [0.3, 0.4) is 0 Å². The first kappa shape index (κ1) is 17.7. The molecule has 0 radical (unpaired) electrons. The maximum absolute atomic E-state index is 13.4. The summed E-state index contributed by atoms with van der Waals surface area (Å²) < 4.78 is 0. The van der Waals surface area contributed by atoms with Crippen LogP contribution < -0.4 is 0 Å². The molecule has 3 rings (SSSR count). The molecule has 3 aromatic rings. The standard InChI is InChI=1S/C23H21NO2/c1-17(25)16-20(18-10-4-2-5-11-18)22(21-14-8-9-15-24-21)23(26)19-12-6-3-7-13-19/h2-15,20,22H,16H2,1H3. The van der Waals surface area contributed by atoms with Gasteiger partial charge in [-0.25, -0.2) is 0 Å². The minimum Gasteiger partial charge on any atom is -0.300 e. The van der Waals surface area contributed by atoms with Crippen LogP contribution in [0.1, 0.15) is 46.8 Å². The van der Waals surface area contributed by atoms with Gasteiger partial charge in [-0.2, -0.15) is 0 Å². The Bertz CT molecular complexity index is 860. The minimum atomic E-state index is -0.509. The van der Waals surface area contributed by atoms with Crippen molar-refractivity contribution in [3.63, 3.8) is 0 Å². The minimum absolute atomic E-state index is 0.0144. The maximum atomic E-state index is 13.4. The van der Waals surface area contributed by atoms with Crippen LogP contribution >= 0.6 is 0 Å². The average molecular weight is 343 g/mol. The number of aromatic nitrogens is 1. The third-order valence-corrected chi connectivity index (χ3v) is 4.48. The molecule has 0 amide bonds. The number of benzene rings is 2. The summed E-state index contributed by atoms with van der Waals surface area (Å²) in [6, 6.07) is 24.5. The van der Waals surface area contributed by atoms with E-state index < -0.39 is 5.92 Å². The lowest BCUT2D eigenvalue weighted by Gasteiger charge is -2.26. The van der Waals surface area contributed by atoms with Gasteiger partial charge in [-0.1, -0.05) is 66.7 Å². The van der Waals surface area contributed by atoms with Crippen LogP contribution in [0.25, 0.3) is 0 Å². The number of hydrogen-bond acceptors (Lipinski definition) is 3. The van der Waals surface area contributed by atoms with E-state index in [9.17, 15) is 9.59 Å². The molecule has 2 atom stereocenters. The second kappa shape index (κ2) is 8.34. The third kappa shape index (κ3) is 4.12. The molecule has 0 saturated carbocycles. The maximum Gasteiger partial charge on any atom is 0.172 e. The van der Waals surface area contributed by atoms with Gasteiger partial charge in [0.25, 0.3) is 0 Å². The van der Waals surface area contributed by atoms with E-state index in [0.717, 1.165) is 5.56 Å². The molecule has 26 heavy (non-hydrogen) atoms. The van der Waals surface area contributed by atoms with Gasteiger partial charge in [0.2, 0.25) is 0 Å². The molecule has 0 spiro atoms. The van der Waals surface area contributed by atoms with Crippen molar-refractivity contribution in [2.24, 2.45) is 0 Å². The van der Waals surface area contributed by atoms with E-state index >= 15 is 0 Å². The second-order valence-corrected chi connectivity index (χ2v) is 6.39. The first-order chi connectivity index (χ1) is 12.7. The zero-order valence-electron chi connectivity index (χ0n) is 14.7. The van der Waals surface area contributed by atoms with Gasteiger partial charge in [0, 0.05) is 24.1 Å². The molecule has 0 bridgehead atoms. The van der Waals surface area contributed by atoms with Crippen LogP contribution in [0.15, 0.2) is 85.1 Å². The molecule has 3 heteroatoms. The van der Waals surface area contributed by atoms with Crippen molar-refractivity contribution in [3.05, 3.63) is 102 Å². The quantitative estimate of drug-likeness (QED) is 0.578. The summed E-state index contributed by atoms with van der Waals surface area (Å²) in [5, 5.41) is 0. The number of nitrogens with zero attached hydrogens (tertiary/aromatic N) is 1. The molecule has 0 fully saturated rings. The fourth-order valence-corrected chi connectivity index (χ4v) is 3.30. The first-order valence-corrected chi connectivity index (χ1v) is 8.71. The Balaban J connectivity index is 2.11. The van der Waals surface area contributed by atoms with Gasteiger partial charge in [-0.05, 0) is 24.6 Å². The predicted molar refractivity (Wildman–Crippen MR) is 102 cm³/mol. The summed E-state index contributed by atoms with van der Waals surface area (Å²) in [5.41, 5.74) is 2.30. The Hall–Kier alpha value is -3.07. The number of ketones is 2. The highest BCUT2D eigenvalue weighted by Crippen LogP contribution is 2.37. The molecule has 1 aromatic heterocycles. The van der Waals surface area contributed by atoms with Gasteiger partial charge >= 0.3 is 0 Å². The zero-order chi connectivity index (χ0) is 18.4. The fourth-order valence-electron chi connectivity index (χ4n) is 3.30. The zero-order valence-corrected chi connectivity index (χ0v) is 14.7. The van der Waals surface area contributed by atoms with E-state index in [0.29, 0.717) is 17.7 Å². The molecule has 1 heterocycles. The Morgan fingerprint density at radius 3 is 2.04 bits per heavy atom. The predicted octanol–water partition coefficient (Wildman–Crippen LogP) is 4.81. The third-order valence-electron chi connectivity index (χ3n) is 4.48. The van der Waals surface area contributed by atoms with E-state index in [1.165, 1.54) is 0 Å². The van der Waals surface area contributed by atoms with Crippen LogP contribution in [0.2, 0.25) is 0 Å².